The van der Waals surface area contributed by atoms with Gasteiger partial charge in [-0.15, -0.1) is 10.2 Å². The largest absolute Gasteiger partial charge is 0.495 e. The van der Waals surface area contributed by atoms with Crippen LogP contribution in [0.5, 0.6) is 17.2 Å². The van der Waals surface area contributed by atoms with Gasteiger partial charge in [-0.3, -0.25) is 18.9 Å². The number of ether oxygens (including phenoxy) is 3. The maximum Gasteiger partial charge on any atom is 0.416 e. The summed E-state index contributed by atoms with van der Waals surface area (Å²) in [6.07, 6.45) is -0.771. The number of aryl methyl sites for hydroxylation is 1. The quantitative estimate of drug-likeness (QED) is 0.243. The van der Waals surface area contributed by atoms with E-state index in [0.717, 1.165) is 27.3 Å². The molecule has 0 aliphatic carbocycles. The minimum Gasteiger partial charge on any atom is -0.495 e. The lowest BCUT2D eigenvalue weighted by atomic mass is 9.99. The van der Waals surface area contributed by atoms with Crippen LogP contribution >= 0.6 is 0 Å². The molecule has 224 valence electrons. The number of rotatable bonds is 9. The zero-order valence-electron chi connectivity index (χ0n) is 22.8. The first-order valence-electron chi connectivity index (χ1n) is 12.4. The Hall–Kier alpha value is -5.41. The molecule has 5 aromatic rings. The predicted octanol–water partition coefficient (Wildman–Crippen LogP) is 3.91. The standard InChI is InChI=1S/C27H23F4N7O5/c1-37-24-18(14-4-19(28)25(21(5-14)42-3)43-12-22-33-13-34-36-22)6-15(27(29,30)31)7-20(24)38(26(37)40)11-23(39)35-16-8-17(41-2)10-32-9-16/h4-10,13H,11-12H2,1-3H3,(H,35,39)(H,33,34,36). The maximum atomic E-state index is 15.4. The van der Waals surface area contributed by atoms with Crippen molar-refractivity contribution in [1.29, 1.82) is 0 Å². The zero-order chi connectivity index (χ0) is 30.9. The van der Waals surface area contributed by atoms with Gasteiger partial charge in [-0.05, 0) is 29.8 Å². The van der Waals surface area contributed by atoms with Crippen molar-refractivity contribution in [3.63, 3.8) is 0 Å². The van der Waals surface area contributed by atoms with Crippen LogP contribution in [0.1, 0.15) is 11.4 Å². The summed E-state index contributed by atoms with van der Waals surface area (Å²) >= 11 is 0. The molecule has 0 unspecified atom stereocenters. The maximum absolute atomic E-state index is 15.4. The smallest absolute Gasteiger partial charge is 0.416 e. The molecular formula is C27H23F4N7O5. The molecule has 0 bridgehead atoms. The fourth-order valence-corrected chi connectivity index (χ4v) is 4.49. The molecule has 3 aromatic heterocycles. The normalized spacial score (nSPS) is 11.5. The lowest BCUT2D eigenvalue weighted by Gasteiger charge is -2.15. The van der Waals surface area contributed by atoms with Gasteiger partial charge in [0, 0.05) is 18.7 Å². The van der Waals surface area contributed by atoms with Crippen LogP contribution in [0.25, 0.3) is 22.2 Å². The SMILES string of the molecule is COc1cncc(NC(=O)Cn2c(=O)n(C)c3c(-c4cc(F)c(OCc5nnc[nH]5)c(OC)c4)cc(C(F)(F)F)cc32)c1. The van der Waals surface area contributed by atoms with Gasteiger partial charge in [0.25, 0.3) is 0 Å². The van der Waals surface area contributed by atoms with Crippen molar-refractivity contribution in [1.82, 2.24) is 29.3 Å². The van der Waals surface area contributed by atoms with Crippen molar-refractivity contribution in [3.05, 3.63) is 76.7 Å². The van der Waals surface area contributed by atoms with Crippen molar-refractivity contribution in [2.24, 2.45) is 7.05 Å². The molecule has 2 aromatic carbocycles. The molecular weight excluding hydrogens is 578 g/mol. The molecule has 43 heavy (non-hydrogen) atoms. The van der Waals surface area contributed by atoms with E-state index < -0.39 is 35.7 Å². The number of carbonyl (C=O) groups excluding carboxylic acids is 1. The molecule has 0 saturated heterocycles. The van der Waals surface area contributed by atoms with E-state index in [0.29, 0.717) is 11.6 Å². The molecule has 0 aliphatic rings. The fraction of sp³-hybridized carbons (Fsp3) is 0.222. The zero-order valence-corrected chi connectivity index (χ0v) is 22.8. The minimum absolute atomic E-state index is 0.0304. The van der Waals surface area contributed by atoms with E-state index in [-0.39, 0.29) is 46.0 Å². The summed E-state index contributed by atoms with van der Waals surface area (Å²) < 4.78 is 75.4. The number of methoxy groups -OCH3 is 2. The highest BCUT2D eigenvalue weighted by Gasteiger charge is 2.33. The molecule has 5 rings (SSSR count). The van der Waals surface area contributed by atoms with Crippen LogP contribution < -0.4 is 25.2 Å². The number of pyridine rings is 1. The molecule has 16 heteroatoms. The first-order valence-corrected chi connectivity index (χ1v) is 12.4. The number of H-pyrrole nitrogens is 1. The molecule has 3 heterocycles. The second-order valence-corrected chi connectivity index (χ2v) is 9.19. The van der Waals surface area contributed by atoms with E-state index in [9.17, 15) is 22.8 Å². The number of nitrogens with one attached hydrogen (secondary N) is 2. The molecule has 0 aliphatic heterocycles. The third-order valence-corrected chi connectivity index (χ3v) is 6.46. The number of anilines is 1. The lowest BCUT2D eigenvalue weighted by Crippen LogP contribution is -2.28. The number of imidazole rings is 1. The summed E-state index contributed by atoms with van der Waals surface area (Å²) in [6.45, 7) is -0.814. The summed E-state index contributed by atoms with van der Waals surface area (Å²) in [7, 11) is 3.99. The lowest BCUT2D eigenvalue weighted by molar-refractivity contribution is -0.137. The van der Waals surface area contributed by atoms with E-state index in [4.69, 9.17) is 14.2 Å². The number of hydrogen-bond donors (Lipinski definition) is 2. The van der Waals surface area contributed by atoms with Gasteiger partial charge in [-0.25, -0.2) is 9.18 Å². The molecule has 0 saturated carbocycles. The van der Waals surface area contributed by atoms with Gasteiger partial charge < -0.3 is 24.5 Å². The molecule has 0 radical (unpaired) electrons. The van der Waals surface area contributed by atoms with Crippen LogP contribution in [0.15, 0.2) is 53.8 Å². The van der Waals surface area contributed by atoms with Crippen LogP contribution in [0, 0.1) is 5.82 Å². The fourth-order valence-electron chi connectivity index (χ4n) is 4.49. The van der Waals surface area contributed by atoms with Gasteiger partial charge in [0.2, 0.25) is 5.91 Å². The van der Waals surface area contributed by atoms with Crippen LogP contribution in [0.4, 0.5) is 23.2 Å². The van der Waals surface area contributed by atoms with Gasteiger partial charge in [-0.1, -0.05) is 0 Å². The van der Waals surface area contributed by atoms with Crippen molar-refractivity contribution >= 4 is 22.6 Å². The monoisotopic (exact) mass is 601 g/mol. The number of carbonyl (C=O) groups is 1. The van der Waals surface area contributed by atoms with Gasteiger partial charge in [0.15, 0.2) is 23.1 Å². The van der Waals surface area contributed by atoms with Gasteiger partial charge in [-0.2, -0.15) is 13.2 Å². The topological polar surface area (TPSA) is 138 Å². The third-order valence-electron chi connectivity index (χ3n) is 6.46. The molecule has 1 amide bonds. The second-order valence-electron chi connectivity index (χ2n) is 9.19. The molecule has 0 spiro atoms. The average molecular weight is 602 g/mol. The number of aromatic amines is 1. The number of hydrogen-bond acceptors (Lipinski definition) is 8. The Bertz CT molecular complexity index is 1870. The number of benzene rings is 2. The predicted molar refractivity (Wildman–Crippen MR) is 144 cm³/mol. The van der Waals surface area contributed by atoms with Crippen LogP contribution in [-0.2, 0) is 31.2 Å². The van der Waals surface area contributed by atoms with Crippen molar-refractivity contribution < 1.29 is 36.6 Å². The third kappa shape index (κ3) is 5.84. The second kappa shape index (κ2) is 11.5. The molecule has 12 nitrogen and oxygen atoms in total. The van der Waals surface area contributed by atoms with Crippen molar-refractivity contribution in [3.8, 4) is 28.4 Å². The summed E-state index contributed by atoms with van der Waals surface area (Å²) in [6, 6.07) is 5.31. The highest BCUT2D eigenvalue weighted by atomic mass is 19.4. The average Bonchev–Trinajstić information content (AvgIpc) is 3.58. The van der Waals surface area contributed by atoms with Gasteiger partial charge in [0.05, 0.1) is 48.9 Å². The first kappa shape index (κ1) is 29.1. The van der Waals surface area contributed by atoms with E-state index in [1.807, 2.05) is 0 Å². The Morgan fingerprint density at radius 3 is 2.56 bits per heavy atom. The Morgan fingerprint density at radius 2 is 1.88 bits per heavy atom. The summed E-state index contributed by atoms with van der Waals surface area (Å²) in [5.74, 6) is -1.40. The van der Waals surface area contributed by atoms with E-state index in [1.165, 1.54) is 52.1 Å². The van der Waals surface area contributed by atoms with Gasteiger partial charge in [0.1, 0.15) is 25.2 Å². The number of alkyl halides is 3. The Morgan fingerprint density at radius 1 is 1.09 bits per heavy atom. The van der Waals surface area contributed by atoms with Crippen LogP contribution in [0.2, 0.25) is 0 Å². The molecule has 2 N–H and O–H groups in total. The van der Waals surface area contributed by atoms with E-state index in [1.54, 1.807) is 0 Å². The first-order chi connectivity index (χ1) is 20.5. The van der Waals surface area contributed by atoms with E-state index >= 15 is 4.39 Å². The number of aromatic nitrogens is 6. The van der Waals surface area contributed by atoms with E-state index in [2.05, 4.69) is 25.5 Å². The molecule has 0 fully saturated rings. The number of amides is 1. The van der Waals surface area contributed by atoms with Crippen LogP contribution in [0.3, 0.4) is 0 Å². The Balaban J connectivity index is 1.60. The summed E-state index contributed by atoms with van der Waals surface area (Å²) in [5.41, 5.74) is -1.95. The van der Waals surface area contributed by atoms with Gasteiger partial charge >= 0.3 is 11.9 Å². The molecule has 0 atom stereocenters. The summed E-state index contributed by atoms with van der Waals surface area (Å²) in [4.78, 5) is 32.8. The Labute approximate surface area is 239 Å². The van der Waals surface area contributed by atoms with Crippen molar-refractivity contribution in [2.45, 2.75) is 19.3 Å². The van der Waals surface area contributed by atoms with Crippen LogP contribution in [-0.4, -0.2) is 49.4 Å². The Kier molecular flexibility index (Phi) is 7.76. The number of halogens is 4. The summed E-state index contributed by atoms with van der Waals surface area (Å²) in [5, 5.41) is 9.90. The highest BCUT2D eigenvalue weighted by molar-refractivity contribution is 5.96. The number of fused-ring (bicyclic) bond motifs is 1. The van der Waals surface area contributed by atoms with Crippen molar-refractivity contribution in [2.75, 3.05) is 19.5 Å². The highest BCUT2D eigenvalue weighted by Crippen LogP contribution is 2.41. The number of nitrogens with zero attached hydrogens (tertiary/aromatic N) is 5. The minimum atomic E-state index is -4.84.